The van der Waals surface area contributed by atoms with Gasteiger partial charge in [0.2, 0.25) is 0 Å². The highest BCUT2D eigenvalue weighted by atomic mass is 79.9. The third-order valence-electron chi connectivity index (χ3n) is 1.96. The third kappa shape index (κ3) is 4.53. The molecule has 0 fully saturated rings. The number of ether oxygens (including phenoxy) is 1. The first-order valence-electron chi connectivity index (χ1n) is 5.30. The Morgan fingerprint density at radius 3 is 2.53 bits per heavy atom. The third-order valence-corrected chi connectivity index (χ3v) is 2.57. The fraction of sp³-hybridized carbons (Fsp3) is 0.500. The zero-order valence-electron chi connectivity index (χ0n) is 10.5. The molecule has 0 saturated heterocycles. The summed E-state index contributed by atoms with van der Waals surface area (Å²) in [5.41, 5.74) is 3.60. The van der Waals surface area contributed by atoms with Crippen LogP contribution in [0.3, 0.4) is 0 Å². The summed E-state index contributed by atoms with van der Waals surface area (Å²) in [6.07, 6.45) is 0. The van der Waals surface area contributed by atoms with Crippen molar-refractivity contribution in [1.29, 1.82) is 0 Å². The fourth-order valence-corrected chi connectivity index (χ4v) is 1.71. The maximum absolute atomic E-state index is 9.65. The number of phenols is 1. The number of nitrogens with one attached hydrogen (secondary N) is 1. The van der Waals surface area contributed by atoms with Gasteiger partial charge in [0.25, 0.3) is 0 Å². The quantitative estimate of drug-likeness (QED) is 0.840. The van der Waals surface area contributed by atoms with Crippen LogP contribution in [0.25, 0.3) is 0 Å². The Bertz CT molecular complexity index is 388. The van der Waals surface area contributed by atoms with Crippen molar-refractivity contribution in [2.75, 3.05) is 7.11 Å². The Morgan fingerprint density at radius 1 is 1.35 bits per heavy atom. The van der Waals surface area contributed by atoms with Gasteiger partial charge in [-0.3, -0.25) is 4.84 Å². The van der Waals surface area contributed by atoms with Crippen LogP contribution >= 0.6 is 15.9 Å². The highest BCUT2D eigenvalue weighted by Gasteiger charge is 2.11. The van der Waals surface area contributed by atoms with Crippen molar-refractivity contribution in [3.05, 3.63) is 22.2 Å². The van der Waals surface area contributed by atoms with Crippen LogP contribution in [-0.2, 0) is 11.4 Å². The van der Waals surface area contributed by atoms with E-state index in [0.29, 0.717) is 16.8 Å². The van der Waals surface area contributed by atoms with E-state index in [2.05, 4.69) is 21.4 Å². The van der Waals surface area contributed by atoms with Crippen molar-refractivity contribution in [3.63, 3.8) is 0 Å². The van der Waals surface area contributed by atoms with Crippen molar-refractivity contribution >= 4 is 15.9 Å². The number of hydroxylamine groups is 1. The molecule has 4 nitrogen and oxygen atoms in total. The molecule has 0 radical (unpaired) electrons. The Labute approximate surface area is 110 Å². The maximum Gasteiger partial charge on any atom is 0.172 e. The minimum Gasteiger partial charge on any atom is -0.503 e. The van der Waals surface area contributed by atoms with E-state index in [9.17, 15) is 5.11 Å². The first-order valence-corrected chi connectivity index (χ1v) is 6.09. The molecule has 0 saturated carbocycles. The van der Waals surface area contributed by atoms with Gasteiger partial charge < -0.3 is 9.84 Å². The molecule has 1 rings (SSSR count). The van der Waals surface area contributed by atoms with Crippen LogP contribution in [0.1, 0.15) is 26.3 Å². The second-order valence-corrected chi connectivity index (χ2v) is 5.52. The van der Waals surface area contributed by atoms with Crippen LogP contribution in [0.5, 0.6) is 11.5 Å². The lowest BCUT2D eigenvalue weighted by Crippen LogP contribution is -2.28. The molecule has 0 unspecified atom stereocenters. The molecule has 5 heteroatoms. The predicted octanol–water partition coefficient (Wildman–Crippen LogP) is 2.98. The van der Waals surface area contributed by atoms with E-state index in [1.165, 1.54) is 7.11 Å². The minimum absolute atomic E-state index is 0.105. The molecule has 0 aliphatic rings. The van der Waals surface area contributed by atoms with Gasteiger partial charge in [-0.1, -0.05) is 0 Å². The number of hydrogen-bond donors (Lipinski definition) is 2. The van der Waals surface area contributed by atoms with E-state index >= 15 is 0 Å². The van der Waals surface area contributed by atoms with E-state index in [-0.39, 0.29) is 11.4 Å². The SMILES string of the molecule is COc1cc(CNOC(C)(C)C)cc(Br)c1O. The minimum atomic E-state index is -0.238. The number of aromatic hydroxyl groups is 1. The molecule has 0 atom stereocenters. The average Bonchev–Trinajstić information content (AvgIpc) is 2.21. The summed E-state index contributed by atoms with van der Waals surface area (Å²) in [6.45, 7) is 6.43. The summed E-state index contributed by atoms with van der Waals surface area (Å²) in [5.74, 6) is 0.542. The van der Waals surface area contributed by atoms with E-state index in [0.717, 1.165) is 5.56 Å². The highest BCUT2D eigenvalue weighted by Crippen LogP contribution is 2.35. The van der Waals surface area contributed by atoms with Gasteiger partial charge in [0.05, 0.1) is 17.2 Å². The standard InChI is InChI=1S/C12H18BrNO3/c1-12(2,3)17-14-7-8-5-9(13)11(15)10(6-8)16-4/h5-6,14-15H,7H2,1-4H3. The number of benzene rings is 1. The molecule has 0 aliphatic heterocycles. The lowest BCUT2D eigenvalue weighted by atomic mass is 10.2. The average molecular weight is 304 g/mol. The van der Waals surface area contributed by atoms with Gasteiger partial charge in [-0.05, 0) is 54.4 Å². The predicted molar refractivity (Wildman–Crippen MR) is 70.0 cm³/mol. The molecule has 0 amide bonds. The molecular weight excluding hydrogens is 286 g/mol. The van der Waals surface area contributed by atoms with Gasteiger partial charge in [-0.2, -0.15) is 5.48 Å². The van der Waals surface area contributed by atoms with Crippen molar-refractivity contribution in [2.24, 2.45) is 0 Å². The van der Waals surface area contributed by atoms with Gasteiger partial charge in [-0.25, -0.2) is 0 Å². The number of rotatable bonds is 4. The summed E-state index contributed by atoms with van der Waals surface area (Å²) in [6, 6.07) is 3.58. The smallest absolute Gasteiger partial charge is 0.172 e. The van der Waals surface area contributed by atoms with Crippen LogP contribution in [0.2, 0.25) is 0 Å². The molecule has 0 bridgehead atoms. The first kappa shape index (κ1) is 14.3. The molecular formula is C12H18BrNO3. The van der Waals surface area contributed by atoms with Crippen molar-refractivity contribution in [3.8, 4) is 11.5 Å². The first-order chi connectivity index (χ1) is 7.83. The molecule has 17 heavy (non-hydrogen) atoms. The van der Waals surface area contributed by atoms with Gasteiger partial charge in [-0.15, -0.1) is 0 Å². The molecule has 0 aliphatic carbocycles. The largest absolute Gasteiger partial charge is 0.503 e. The molecule has 0 aromatic heterocycles. The maximum atomic E-state index is 9.65. The molecule has 1 aromatic carbocycles. The molecule has 0 spiro atoms. The van der Waals surface area contributed by atoms with Crippen molar-refractivity contribution < 1.29 is 14.7 Å². The normalized spacial score (nSPS) is 11.6. The summed E-state index contributed by atoms with van der Waals surface area (Å²) < 4.78 is 5.67. The summed E-state index contributed by atoms with van der Waals surface area (Å²) in [5, 5.41) is 9.65. The zero-order valence-corrected chi connectivity index (χ0v) is 12.1. The van der Waals surface area contributed by atoms with E-state index in [1.807, 2.05) is 26.8 Å². The topological polar surface area (TPSA) is 50.7 Å². The van der Waals surface area contributed by atoms with Gasteiger partial charge >= 0.3 is 0 Å². The monoisotopic (exact) mass is 303 g/mol. The van der Waals surface area contributed by atoms with Crippen molar-refractivity contribution in [2.45, 2.75) is 32.9 Å². The number of hydrogen-bond acceptors (Lipinski definition) is 4. The number of halogens is 1. The summed E-state index contributed by atoms with van der Waals surface area (Å²) >= 11 is 3.27. The Hall–Kier alpha value is -0.780. The molecule has 0 heterocycles. The number of phenolic OH excluding ortho intramolecular Hbond substituents is 1. The van der Waals surface area contributed by atoms with Crippen LogP contribution in [0.4, 0.5) is 0 Å². The second kappa shape index (κ2) is 5.71. The van der Waals surface area contributed by atoms with Gasteiger partial charge in [0.15, 0.2) is 11.5 Å². The van der Waals surface area contributed by atoms with Crippen LogP contribution in [0, 0.1) is 0 Å². The highest BCUT2D eigenvalue weighted by molar-refractivity contribution is 9.10. The summed E-state index contributed by atoms with van der Waals surface area (Å²) in [4.78, 5) is 5.41. The second-order valence-electron chi connectivity index (χ2n) is 4.66. The van der Waals surface area contributed by atoms with Gasteiger partial charge in [0, 0.05) is 6.54 Å². The Balaban J connectivity index is 2.69. The van der Waals surface area contributed by atoms with E-state index in [4.69, 9.17) is 9.57 Å². The molecule has 2 N–H and O–H groups in total. The zero-order chi connectivity index (χ0) is 13.1. The Morgan fingerprint density at radius 2 is 2.00 bits per heavy atom. The fourth-order valence-electron chi connectivity index (χ4n) is 1.22. The summed E-state index contributed by atoms with van der Waals surface area (Å²) in [7, 11) is 1.52. The lowest BCUT2D eigenvalue weighted by Gasteiger charge is -2.19. The van der Waals surface area contributed by atoms with E-state index in [1.54, 1.807) is 6.07 Å². The Kier molecular flexibility index (Phi) is 4.80. The molecule has 96 valence electrons. The van der Waals surface area contributed by atoms with Crippen LogP contribution in [0.15, 0.2) is 16.6 Å². The number of methoxy groups -OCH3 is 1. The van der Waals surface area contributed by atoms with Gasteiger partial charge in [0.1, 0.15) is 0 Å². The lowest BCUT2D eigenvalue weighted by molar-refractivity contribution is -0.0757. The van der Waals surface area contributed by atoms with E-state index < -0.39 is 0 Å². The molecule has 1 aromatic rings. The van der Waals surface area contributed by atoms with Crippen LogP contribution in [-0.4, -0.2) is 17.8 Å². The van der Waals surface area contributed by atoms with Crippen molar-refractivity contribution in [1.82, 2.24) is 5.48 Å². The van der Waals surface area contributed by atoms with Crippen LogP contribution < -0.4 is 10.2 Å².